The Morgan fingerprint density at radius 1 is 1.80 bits per heavy atom. The summed E-state index contributed by atoms with van der Waals surface area (Å²) in [6.07, 6.45) is 0. The molecule has 0 atom stereocenters. The van der Waals surface area contributed by atoms with Gasteiger partial charge in [-0.3, -0.25) is 0 Å². The standard InChI is InChI=1S/C5H5B2N2O/c6-5(7)4-1-3(2-10)8-9-4/h1,10H,2H2,(H,8,9). The van der Waals surface area contributed by atoms with E-state index in [2.05, 4.69) is 10.2 Å². The predicted molar refractivity (Wildman–Crippen MR) is 40.1 cm³/mol. The molecule has 0 amide bonds. The van der Waals surface area contributed by atoms with Gasteiger partial charge in [0.2, 0.25) is 0 Å². The molecule has 2 N–H and O–H groups in total. The second-order valence-electron chi connectivity index (χ2n) is 1.89. The van der Waals surface area contributed by atoms with Crippen LogP contribution in [0.2, 0.25) is 0 Å². The van der Waals surface area contributed by atoms with Gasteiger partial charge in [0.25, 0.3) is 0 Å². The van der Waals surface area contributed by atoms with Crippen molar-refractivity contribution in [2.45, 2.75) is 6.61 Å². The Labute approximate surface area is 60.9 Å². The number of hydrogen-bond acceptors (Lipinski definition) is 2. The number of aliphatic hydroxyl groups is 1. The summed E-state index contributed by atoms with van der Waals surface area (Å²) < 4.78 is 0. The van der Waals surface area contributed by atoms with Gasteiger partial charge in [0.05, 0.1) is 0 Å². The molecule has 0 aliphatic rings. The monoisotopic (exact) mass is 131 g/mol. The van der Waals surface area contributed by atoms with E-state index in [1.165, 1.54) is 0 Å². The fourth-order valence-corrected chi connectivity index (χ4v) is 0.590. The van der Waals surface area contributed by atoms with E-state index in [0.29, 0.717) is 11.4 Å². The zero-order valence-electron chi connectivity index (χ0n) is 5.33. The fourth-order valence-electron chi connectivity index (χ4n) is 0.590. The molecule has 47 valence electrons. The Morgan fingerprint density at radius 2 is 2.50 bits per heavy atom. The summed E-state index contributed by atoms with van der Waals surface area (Å²) in [5, 5.41) is 15.0. The molecule has 1 aromatic rings. The molecular formula is C5H5B2N2O. The van der Waals surface area contributed by atoms with E-state index in [1.54, 1.807) is 6.07 Å². The molecule has 1 rings (SSSR count). The topological polar surface area (TPSA) is 48.9 Å². The first kappa shape index (κ1) is 7.28. The summed E-state index contributed by atoms with van der Waals surface area (Å²) in [7, 11) is 10.4. The number of hydrogen-bond donors (Lipinski definition) is 2. The molecule has 3 radical (unpaired) electrons. The van der Waals surface area contributed by atoms with Crippen LogP contribution in [0.4, 0.5) is 0 Å². The normalized spacial score (nSPS) is 9.60. The van der Waals surface area contributed by atoms with E-state index in [-0.39, 0.29) is 12.0 Å². The van der Waals surface area contributed by atoms with Gasteiger partial charge in [-0.05, 0) is 0 Å². The molecule has 0 saturated heterocycles. The molecular weight excluding hydrogens is 126 g/mol. The second kappa shape index (κ2) is 2.84. The maximum absolute atomic E-state index is 8.57. The summed E-state index contributed by atoms with van der Waals surface area (Å²) in [4.78, 5) is 0. The number of aliphatic hydroxyl groups excluding tert-OH is 1. The van der Waals surface area contributed by atoms with Crippen LogP contribution in [0, 0.1) is 0 Å². The van der Waals surface area contributed by atoms with Crippen molar-refractivity contribution in [1.82, 2.24) is 10.2 Å². The summed E-state index contributed by atoms with van der Waals surface area (Å²) in [6.45, 7) is -0.0831. The molecule has 0 fully saturated rings. The molecule has 0 saturated carbocycles. The van der Waals surface area contributed by atoms with Gasteiger partial charge in [-0.25, -0.2) is 0 Å². The van der Waals surface area contributed by atoms with Gasteiger partial charge in [0, 0.05) is 0 Å². The minimum atomic E-state index is -0.0831. The van der Waals surface area contributed by atoms with Crippen LogP contribution in [0.1, 0.15) is 11.4 Å². The molecule has 0 spiro atoms. The van der Waals surface area contributed by atoms with Crippen molar-refractivity contribution >= 4 is 20.7 Å². The van der Waals surface area contributed by atoms with Crippen LogP contribution in [0.3, 0.4) is 0 Å². The minimum absolute atomic E-state index is 0.0831. The van der Waals surface area contributed by atoms with Gasteiger partial charge in [-0.15, -0.1) is 0 Å². The third-order valence-electron chi connectivity index (χ3n) is 1.10. The molecule has 0 bridgehead atoms. The molecule has 5 heteroatoms. The molecule has 3 nitrogen and oxygen atoms in total. The average molecular weight is 131 g/mol. The van der Waals surface area contributed by atoms with Crippen molar-refractivity contribution in [2.75, 3.05) is 0 Å². The van der Waals surface area contributed by atoms with Crippen molar-refractivity contribution in [3.63, 3.8) is 0 Å². The van der Waals surface area contributed by atoms with Crippen LogP contribution in [-0.2, 0) is 6.61 Å². The van der Waals surface area contributed by atoms with Gasteiger partial charge >= 0.3 is 60.1 Å². The van der Waals surface area contributed by atoms with Gasteiger partial charge in [-0.1, -0.05) is 0 Å². The number of aromatic amines is 1. The quantitative estimate of drug-likeness (QED) is 0.490. The Balaban J connectivity index is 2.88. The summed E-state index contributed by atoms with van der Waals surface area (Å²) in [6, 6.07) is 1.59. The van der Waals surface area contributed by atoms with Crippen LogP contribution in [0.25, 0.3) is 0 Å². The van der Waals surface area contributed by atoms with Crippen LogP contribution in [0.5, 0.6) is 0 Å². The first-order valence-corrected chi connectivity index (χ1v) is 2.77. The number of nitrogens with one attached hydrogen (secondary N) is 1. The number of rotatable bonds is 2. The van der Waals surface area contributed by atoms with Crippen molar-refractivity contribution in [1.29, 1.82) is 0 Å². The first-order chi connectivity index (χ1) is 4.74. The number of H-pyrrole nitrogens is 1. The predicted octanol–water partition coefficient (Wildman–Crippen LogP) is -1.28. The molecule has 0 unspecified atom stereocenters. The van der Waals surface area contributed by atoms with Gasteiger partial charge in [0.1, 0.15) is 0 Å². The molecule has 1 heterocycles. The average Bonchev–Trinajstić information content (AvgIpc) is 2.34. The van der Waals surface area contributed by atoms with Gasteiger partial charge in [0.15, 0.2) is 0 Å². The third-order valence-corrected chi connectivity index (χ3v) is 1.10. The van der Waals surface area contributed by atoms with Crippen LogP contribution < -0.4 is 0 Å². The van der Waals surface area contributed by atoms with E-state index in [4.69, 9.17) is 20.4 Å². The van der Waals surface area contributed by atoms with E-state index in [1.807, 2.05) is 0 Å². The Morgan fingerprint density at radius 3 is 2.80 bits per heavy atom. The van der Waals surface area contributed by atoms with Crippen molar-refractivity contribution < 1.29 is 5.11 Å². The first-order valence-electron chi connectivity index (χ1n) is 2.77. The van der Waals surface area contributed by atoms with E-state index < -0.39 is 0 Å². The van der Waals surface area contributed by atoms with Crippen molar-refractivity contribution in [2.24, 2.45) is 0 Å². The Hall–Kier alpha value is -0.830. The van der Waals surface area contributed by atoms with Crippen LogP contribution in [0.15, 0.2) is 6.07 Å². The molecule has 0 aliphatic carbocycles. The number of nitrogens with zero attached hydrogens (tertiary/aromatic N) is 1. The second-order valence-corrected chi connectivity index (χ2v) is 1.89. The van der Waals surface area contributed by atoms with Gasteiger partial charge in [-0.2, -0.15) is 0 Å². The SMILES string of the molecule is [B]C(=[B])c1cc(CO)[nH]n1. The molecule has 1 aromatic heterocycles. The third kappa shape index (κ3) is 1.36. The summed E-state index contributed by atoms with van der Waals surface area (Å²) >= 11 is 0. The van der Waals surface area contributed by atoms with Crippen LogP contribution in [-0.4, -0.2) is 36.0 Å². The van der Waals surface area contributed by atoms with E-state index >= 15 is 0 Å². The van der Waals surface area contributed by atoms with Gasteiger partial charge < -0.3 is 0 Å². The van der Waals surface area contributed by atoms with Crippen molar-refractivity contribution in [3.05, 3.63) is 17.5 Å². The Bertz CT molecular complexity index is 246. The zero-order chi connectivity index (χ0) is 7.56. The van der Waals surface area contributed by atoms with E-state index in [0.717, 1.165) is 0 Å². The fraction of sp³-hybridized carbons (Fsp3) is 0.200. The summed E-state index contributed by atoms with van der Waals surface area (Å²) in [5.74, 6) is 0. The van der Waals surface area contributed by atoms with Crippen molar-refractivity contribution in [3.8, 4) is 0 Å². The molecule has 10 heavy (non-hydrogen) atoms. The number of aromatic nitrogens is 2. The molecule has 0 aliphatic heterocycles. The van der Waals surface area contributed by atoms with E-state index in [9.17, 15) is 0 Å². The maximum atomic E-state index is 8.57. The summed E-state index contributed by atoms with van der Waals surface area (Å²) in [5.41, 5.74) is 1.08. The molecule has 0 aromatic carbocycles. The van der Waals surface area contributed by atoms with Crippen LogP contribution >= 0.6 is 0 Å². The zero-order valence-corrected chi connectivity index (χ0v) is 5.33. The Kier molecular flexibility index (Phi) is 2.06.